The first-order valence-corrected chi connectivity index (χ1v) is 10.1. The van der Waals surface area contributed by atoms with Crippen molar-refractivity contribution >= 4 is 11.8 Å². The summed E-state index contributed by atoms with van der Waals surface area (Å²) in [5.74, 6) is 5.35. The highest BCUT2D eigenvalue weighted by atomic mass is 16.5. The number of methoxy groups -OCH3 is 1. The summed E-state index contributed by atoms with van der Waals surface area (Å²) in [6.45, 7) is 1.66. The van der Waals surface area contributed by atoms with Crippen LogP contribution in [0.4, 0.5) is 0 Å². The van der Waals surface area contributed by atoms with E-state index in [0.29, 0.717) is 17.7 Å². The zero-order chi connectivity index (χ0) is 22.9. The van der Waals surface area contributed by atoms with E-state index in [2.05, 4.69) is 36.1 Å². The van der Waals surface area contributed by atoms with Gasteiger partial charge in [-0.2, -0.15) is 0 Å². The van der Waals surface area contributed by atoms with E-state index >= 15 is 0 Å². The van der Waals surface area contributed by atoms with Gasteiger partial charge in [0.05, 0.1) is 5.56 Å². The van der Waals surface area contributed by atoms with Gasteiger partial charge in [0.1, 0.15) is 12.4 Å². The lowest BCUT2D eigenvalue weighted by molar-refractivity contribution is -0.148. The van der Waals surface area contributed by atoms with Crippen LogP contribution in [0.5, 0.6) is 5.75 Å². The van der Waals surface area contributed by atoms with Crippen LogP contribution in [0.25, 0.3) is 11.1 Å². The lowest BCUT2D eigenvalue weighted by atomic mass is 9.95. The number of ketones is 1. The van der Waals surface area contributed by atoms with Crippen LogP contribution in [-0.4, -0.2) is 36.7 Å². The van der Waals surface area contributed by atoms with Crippen LogP contribution in [0.15, 0.2) is 72.8 Å². The van der Waals surface area contributed by atoms with E-state index in [0.717, 1.165) is 11.1 Å². The van der Waals surface area contributed by atoms with Crippen LogP contribution in [-0.2, 0) is 16.0 Å². The maximum atomic E-state index is 11.5. The summed E-state index contributed by atoms with van der Waals surface area (Å²) in [5.41, 5.74) is 5.03. The molecule has 1 atom stereocenters. The fourth-order valence-electron chi connectivity index (χ4n) is 3.01. The van der Waals surface area contributed by atoms with Crippen LogP contribution < -0.4 is 4.74 Å². The first kappa shape index (κ1) is 22.8. The minimum Gasteiger partial charge on any atom is -0.480 e. The van der Waals surface area contributed by atoms with E-state index in [9.17, 15) is 9.59 Å². The van der Waals surface area contributed by atoms with Gasteiger partial charge in [0.25, 0.3) is 0 Å². The van der Waals surface area contributed by atoms with E-state index in [1.54, 1.807) is 24.3 Å². The van der Waals surface area contributed by atoms with Gasteiger partial charge in [-0.25, -0.2) is 4.79 Å². The van der Waals surface area contributed by atoms with Crippen molar-refractivity contribution in [2.24, 2.45) is 0 Å². The Hall–Kier alpha value is -3.88. The molecule has 4 rings (SSSR count). The molecule has 0 aliphatic heterocycles. The molecule has 162 valence electrons. The van der Waals surface area contributed by atoms with Gasteiger partial charge in [0.15, 0.2) is 11.9 Å². The molecule has 0 amide bonds. The predicted octanol–water partition coefficient (Wildman–Crippen LogP) is 4.63. The number of fused-ring (bicyclic) bond motifs is 1. The van der Waals surface area contributed by atoms with Crippen LogP contribution >= 0.6 is 0 Å². The second-order valence-electron chi connectivity index (χ2n) is 7.18. The number of ether oxygens (including phenoxy) is 2. The Morgan fingerprint density at radius 3 is 2.06 bits per heavy atom. The van der Waals surface area contributed by atoms with Gasteiger partial charge in [-0.1, -0.05) is 60.4 Å². The lowest BCUT2D eigenvalue weighted by Crippen LogP contribution is -2.24. The van der Waals surface area contributed by atoms with Gasteiger partial charge in [-0.15, -0.1) is 0 Å². The number of para-hydroxylation sites is 1. The average Bonchev–Trinajstić information content (AvgIpc) is 2.78. The predicted molar refractivity (Wildman–Crippen MR) is 123 cm³/mol. The van der Waals surface area contributed by atoms with Crippen molar-refractivity contribution in [2.75, 3.05) is 13.7 Å². The molecule has 2 aliphatic carbocycles. The fourth-order valence-corrected chi connectivity index (χ4v) is 3.01. The minimum absolute atomic E-state index is 0.0557. The smallest absolute Gasteiger partial charge is 0.333 e. The second-order valence-corrected chi connectivity index (χ2v) is 7.18. The van der Waals surface area contributed by atoms with Crippen molar-refractivity contribution < 1.29 is 24.2 Å². The molecule has 2 aromatic rings. The maximum absolute atomic E-state index is 11.5. The SMILES string of the molecule is CO[C@@H](Cc1ccc(C#CCOc2ccccc2C(C)=O)cc1)C(=O)O.c1cc2ccc1-2. The molecule has 0 spiro atoms. The Bertz CT molecular complexity index is 1110. The summed E-state index contributed by atoms with van der Waals surface area (Å²) < 4.78 is 10.5. The molecule has 0 fully saturated rings. The molecule has 2 aromatic carbocycles. The average molecular weight is 428 g/mol. The summed E-state index contributed by atoms with van der Waals surface area (Å²) in [6, 6.07) is 22.8. The first-order valence-electron chi connectivity index (χ1n) is 10.1. The zero-order valence-electron chi connectivity index (χ0n) is 18.0. The largest absolute Gasteiger partial charge is 0.480 e. The molecule has 0 aromatic heterocycles. The van der Waals surface area contributed by atoms with Crippen LogP contribution in [0.1, 0.15) is 28.4 Å². The zero-order valence-corrected chi connectivity index (χ0v) is 18.0. The van der Waals surface area contributed by atoms with Crippen molar-refractivity contribution in [3.8, 4) is 28.7 Å². The second kappa shape index (κ2) is 10.9. The molecule has 0 bridgehead atoms. The molecule has 0 heterocycles. The third-order valence-electron chi connectivity index (χ3n) is 4.95. The summed E-state index contributed by atoms with van der Waals surface area (Å²) in [5, 5.41) is 9.00. The molecule has 5 heteroatoms. The summed E-state index contributed by atoms with van der Waals surface area (Å²) in [4.78, 5) is 22.5. The van der Waals surface area contributed by atoms with E-state index in [-0.39, 0.29) is 12.4 Å². The monoisotopic (exact) mass is 428 g/mol. The normalized spacial score (nSPS) is 11.2. The number of hydrogen-bond donors (Lipinski definition) is 1. The highest BCUT2D eigenvalue weighted by molar-refractivity contribution is 5.96. The molecule has 0 unspecified atom stereocenters. The summed E-state index contributed by atoms with van der Waals surface area (Å²) in [6.07, 6.45) is -0.563. The Kier molecular flexibility index (Phi) is 7.80. The number of benzene rings is 3. The highest BCUT2D eigenvalue weighted by Crippen LogP contribution is 2.29. The van der Waals surface area contributed by atoms with E-state index in [1.807, 2.05) is 24.3 Å². The van der Waals surface area contributed by atoms with Gasteiger partial charge < -0.3 is 14.6 Å². The van der Waals surface area contributed by atoms with Crippen molar-refractivity contribution in [2.45, 2.75) is 19.4 Å². The molecular weight excluding hydrogens is 404 g/mol. The molecule has 5 nitrogen and oxygen atoms in total. The Labute approximate surface area is 187 Å². The van der Waals surface area contributed by atoms with E-state index in [1.165, 1.54) is 25.2 Å². The Balaban J connectivity index is 0.000000405. The van der Waals surface area contributed by atoms with Crippen LogP contribution in [0.3, 0.4) is 0 Å². The van der Waals surface area contributed by atoms with E-state index < -0.39 is 12.1 Å². The van der Waals surface area contributed by atoms with Crippen molar-refractivity contribution in [3.05, 3.63) is 89.5 Å². The van der Waals surface area contributed by atoms with Gasteiger partial charge in [0.2, 0.25) is 0 Å². The van der Waals surface area contributed by atoms with Crippen molar-refractivity contribution in [1.82, 2.24) is 0 Å². The number of aliphatic carboxylic acids is 1. The quantitative estimate of drug-likeness (QED) is 0.343. The molecule has 1 N–H and O–H groups in total. The molecule has 32 heavy (non-hydrogen) atoms. The summed E-state index contributed by atoms with van der Waals surface area (Å²) in [7, 11) is 1.38. The number of carbonyl (C=O) groups is 2. The number of rotatable bonds is 7. The Morgan fingerprint density at radius 2 is 1.56 bits per heavy atom. The fraction of sp³-hybridized carbons (Fsp3) is 0.185. The first-order chi connectivity index (χ1) is 15.5. The number of carboxylic acids is 1. The van der Waals surface area contributed by atoms with Gasteiger partial charge in [-0.05, 0) is 47.9 Å². The van der Waals surface area contributed by atoms with Crippen LogP contribution in [0, 0.1) is 11.8 Å². The maximum Gasteiger partial charge on any atom is 0.333 e. The topological polar surface area (TPSA) is 72.8 Å². The third kappa shape index (κ3) is 6.07. The number of Topliss-reactive ketones (excluding diaryl/α,β-unsaturated/α-hetero) is 1. The number of carboxylic acid groups (broad SMARTS) is 1. The number of carbonyl (C=O) groups excluding carboxylic acids is 1. The lowest BCUT2D eigenvalue weighted by Gasteiger charge is -2.10. The molecule has 0 saturated heterocycles. The standard InChI is InChI=1S/C21H20O5.C6H4/c1-15(22)18-7-3-4-8-19(18)26-13-5-6-16-9-11-17(12-10-16)14-20(25-2)21(23)24;1-2-6-4-3-5(1)6/h3-4,7-12,20H,13-14H2,1-2H3,(H,23,24);1-4H/t20-;/m0./s1. The van der Waals surface area contributed by atoms with Crippen molar-refractivity contribution in [1.29, 1.82) is 0 Å². The van der Waals surface area contributed by atoms with Gasteiger partial charge in [-0.3, -0.25) is 4.79 Å². The van der Waals surface area contributed by atoms with Crippen LogP contribution in [0.2, 0.25) is 0 Å². The molecular formula is C27H24O5. The van der Waals surface area contributed by atoms with Crippen molar-refractivity contribution in [3.63, 3.8) is 0 Å². The van der Waals surface area contributed by atoms with E-state index in [4.69, 9.17) is 14.6 Å². The summed E-state index contributed by atoms with van der Waals surface area (Å²) >= 11 is 0. The van der Waals surface area contributed by atoms with Gasteiger partial charge in [0, 0.05) is 19.1 Å². The highest BCUT2D eigenvalue weighted by Gasteiger charge is 2.16. The van der Waals surface area contributed by atoms with Gasteiger partial charge >= 0.3 is 5.97 Å². The molecule has 0 radical (unpaired) electrons. The third-order valence-corrected chi connectivity index (χ3v) is 4.95. The Morgan fingerprint density at radius 1 is 0.938 bits per heavy atom. The molecule has 0 saturated carbocycles. The number of hydrogen-bond acceptors (Lipinski definition) is 4. The molecule has 2 aliphatic rings. The minimum atomic E-state index is -0.987.